The van der Waals surface area contributed by atoms with Gasteiger partial charge in [0.25, 0.3) is 0 Å². The van der Waals surface area contributed by atoms with E-state index in [0.717, 1.165) is 28.6 Å². The molecule has 1 aromatic carbocycles. The number of hydrogen-bond donors (Lipinski definition) is 1. The highest BCUT2D eigenvalue weighted by atomic mass is 79.9. The summed E-state index contributed by atoms with van der Waals surface area (Å²) in [6, 6.07) is 6.67. The van der Waals surface area contributed by atoms with Gasteiger partial charge in [0.15, 0.2) is 0 Å². The third kappa shape index (κ3) is 3.31. The van der Waals surface area contributed by atoms with Gasteiger partial charge in [0.2, 0.25) is 0 Å². The minimum absolute atomic E-state index is 0.349. The Morgan fingerprint density at radius 3 is 2.88 bits per heavy atom. The van der Waals surface area contributed by atoms with Crippen LogP contribution in [-0.2, 0) is 4.74 Å². The van der Waals surface area contributed by atoms with Crippen LogP contribution in [0.3, 0.4) is 0 Å². The van der Waals surface area contributed by atoms with Gasteiger partial charge in [0.05, 0.1) is 6.61 Å². The standard InChI is InChI=1S/C13H17Br2NO/c1-16-13(9-3-2-6-17-8-9)11-7-10(14)4-5-12(11)15/h4-5,7,9,13,16H,2-3,6,8H2,1H3. The molecule has 0 amide bonds. The van der Waals surface area contributed by atoms with Gasteiger partial charge in [0.1, 0.15) is 0 Å². The van der Waals surface area contributed by atoms with Crippen LogP contribution in [0.25, 0.3) is 0 Å². The maximum atomic E-state index is 5.59. The highest BCUT2D eigenvalue weighted by molar-refractivity contribution is 9.11. The second-order valence-corrected chi connectivity index (χ2v) is 6.18. The van der Waals surface area contributed by atoms with Gasteiger partial charge in [-0.25, -0.2) is 0 Å². The first-order chi connectivity index (χ1) is 8.22. The largest absolute Gasteiger partial charge is 0.381 e. The van der Waals surface area contributed by atoms with Crippen LogP contribution in [0.4, 0.5) is 0 Å². The molecule has 1 fully saturated rings. The number of hydrogen-bond acceptors (Lipinski definition) is 2. The Hall–Kier alpha value is 0.1000. The molecule has 1 aliphatic rings. The Morgan fingerprint density at radius 2 is 2.24 bits per heavy atom. The van der Waals surface area contributed by atoms with E-state index in [1.807, 2.05) is 7.05 Å². The molecule has 0 aromatic heterocycles. The lowest BCUT2D eigenvalue weighted by Gasteiger charge is -2.31. The van der Waals surface area contributed by atoms with Crippen molar-refractivity contribution in [2.24, 2.45) is 5.92 Å². The first kappa shape index (κ1) is 13.5. The molecule has 1 aromatic rings. The predicted octanol–water partition coefficient (Wildman–Crippen LogP) is 3.90. The Kier molecular flexibility index (Phi) is 5.03. The van der Waals surface area contributed by atoms with Crippen LogP contribution in [0, 0.1) is 5.92 Å². The zero-order chi connectivity index (χ0) is 12.3. The molecule has 0 spiro atoms. The van der Waals surface area contributed by atoms with Crippen LogP contribution in [0.5, 0.6) is 0 Å². The lowest BCUT2D eigenvalue weighted by atomic mass is 9.89. The van der Waals surface area contributed by atoms with Gasteiger partial charge >= 0.3 is 0 Å². The van der Waals surface area contributed by atoms with E-state index in [4.69, 9.17) is 4.74 Å². The fraction of sp³-hybridized carbons (Fsp3) is 0.538. The van der Waals surface area contributed by atoms with Crippen molar-refractivity contribution < 1.29 is 4.74 Å². The Balaban J connectivity index is 2.24. The summed E-state index contributed by atoms with van der Waals surface area (Å²) in [6.45, 7) is 1.76. The number of rotatable bonds is 3. The molecule has 0 aliphatic carbocycles. The first-order valence-electron chi connectivity index (χ1n) is 5.92. The summed E-state index contributed by atoms with van der Waals surface area (Å²) in [7, 11) is 2.02. The predicted molar refractivity (Wildman–Crippen MR) is 77.2 cm³/mol. The Labute approximate surface area is 119 Å². The zero-order valence-electron chi connectivity index (χ0n) is 9.88. The zero-order valence-corrected chi connectivity index (χ0v) is 13.1. The summed E-state index contributed by atoms with van der Waals surface area (Å²) in [5, 5.41) is 3.43. The molecule has 1 N–H and O–H groups in total. The van der Waals surface area contributed by atoms with E-state index in [-0.39, 0.29) is 0 Å². The fourth-order valence-electron chi connectivity index (χ4n) is 2.43. The minimum atomic E-state index is 0.349. The molecular weight excluding hydrogens is 346 g/mol. The summed E-state index contributed by atoms with van der Waals surface area (Å²) in [5.41, 5.74) is 1.30. The minimum Gasteiger partial charge on any atom is -0.381 e. The van der Waals surface area contributed by atoms with Crippen molar-refractivity contribution in [2.45, 2.75) is 18.9 Å². The molecular formula is C13H17Br2NO. The molecule has 0 radical (unpaired) electrons. The van der Waals surface area contributed by atoms with Crippen LogP contribution in [0.2, 0.25) is 0 Å². The molecule has 1 aliphatic heterocycles. The number of halogens is 2. The SMILES string of the molecule is CNC(c1cc(Br)ccc1Br)C1CCCOC1. The van der Waals surface area contributed by atoms with Gasteiger partial charge < -0.3 is 10.1 Å². The third-order valence-corrected chi connectivity index (χ3v) is 4.49. The quantitative estimate of drug-likeness (QED) is 0.880. The fourth-order valence-corrected chi connectivity index (χ4v) is 3.30. The van der Waals surface area contributed by atoms with E-state index in [9.17, 15) is 0 Å². The van der Waals surface area contributed by atoms with Crippen molar-refractivity contribution in [3.8, 4) is 0 Å². The molecule has 4 heteroatoms. The van der Waals surface area contributed by atoms with E-state index < -0.39 is 0 Å². The van der Waals surface area contributed by atoms with Crippen LogP contribution in [0.1, 0.15) is 24.4 Å². The Bertz CT molecular complexity index is 378. The topological polar surface area (TPSA) is 21.3 Å². The number of benzene rings is 1. The molecule has 2 atom stereocenters. The molecule has 17 heavy (non-hydrogen) atoms. The maximum Gasteiger partial charge on any atom is 0.0512 e. The van der Waals surface area contributed by atoms with Gasteiger partial charge in [0, 0.05) is 27.5 Å². The Morgan fingerprint density at radius 1 is 1.41 bits per heavy atom. The third-order valence-electron chi connectivity index (χ3n) is 3.27. The smallest absolute Gasteiger partial charge is 0.0512 e. The van der Waals surface area contributed by atoms with E-state index in [0.29, 0.717) is 12.0 Å². The summed E-state index contributed by atoms with van der Waals surface area (Å²) < 4.78 is 7.87. The lowest BCUT2D eigenvalue weighted by Crippen LogP contribution is -2.31. The molecule has 1 heterocycles. The lowest BCUT2D eigenvalue weighted by molar-refractivity contribution is 0.0401. The summed E-state index contributed by atoms with van der Waals surface area (Å²) in [6.07, 6.45) is 2.39. The molecule has 0 saturated carbocycles. The highest BCUT2D eigenvalue weighted by Crippen LogP contribution is 2.34. The monoisotopic (exact) mass is 361 g/mol. The van der Waals surface area contributed by atoms with E-state index in [1.165, 1.54) is 12.0 Å². The van der Waals surface area contributed by atoms with Gasteiger partial charge in [-0.1, -0.05) is 31.9 Å². The normalized spacial score (nSPS) is 22.4. The summed E-state index contributed by atoms with van der Waals surface area (Å²) in [4.78, 5) is 0. The van der Waals surface area contributed by atoms with Crippen LogP contribution in [0.15, 0.2) is 27.1 Å². The molecule has 2 rings (SSSR count). The average molecular weight is 363 g/mol. The van der Waals surface area contributed by atoms with Crippen LogP contribution < -0.4 is 5.32 Å². The number of ether oxygens (including phenoxy) is 1. The van der Waals surface area contributed by atoms with Gasteiger partial charge in [-0.15, -0.1) is 0 Å². The molecule has 2 nitrogen and oxygen atoms in total. The van der Waals surface area contributed by atoms with E-state index >= 15 is 0 Å². The summed E-state index contributed by atoms with van der Waals surface area (Å²) in [5.74, 6) is 0.555. The van der Waals surface area contributed by atoms with Crippen molar-refractivity contribution in [1.29, 1.82) is 0 Å². The second kappa shape index (κ2) is 6.32. The molecule has 2 unspecified atom stereocenters. The highest BCUT2D eigenvalue weighted by Gasteiger charge is 2.25. The first-order valence-corrected chi connectivity index (χ1v) is 7.51. The molecule has 0 bridgehead atoms. The van der Waals surface area contributed by atoms with Crippen molar-refractivity contribution >= 4 is 31.9 Å². The number of nitrogens with one attached hydrogen (secondary N) is 1. The van der Waals surface area contributed by atoms with Crippen molar-refractivity contribution in [3.63, 3.8) is 0 Å². The van der Waals surface area contributed by atoms with Crippen molar-refractivity contribution in [3.05, 3.63) is 32.7 Å². The van der Waals surface area contributed by atoms with Crippen molar-refractivity contribution in [1.82, 2.24) is 5.32 Å². The molecule has 94 valence electrons. The van der Waals surface area contributed by atoms with Crippen molar-refractivity contribution in [2.75, 3.05) is 20.3 Å². The van der Waals surface area contributed by atoms with Crippen LogP contribution in [-0.4, -0.2) is 20.3 Å². The van der Waals surface area contributed by atoms with Gasteiger partial charge in [-0.05, 0) is 43.7 Å². The second-order valence-electron chi connectivity index (χ2n) is 4.41. The van der Waals surface area contributed by atoms with E-state index in [1.54, 1.807) is 0 Å². The van der Waals surface area contributed by atoms with Gasteiger partial charge in [-0.3, -0.25) is 0 Å². The average Bonchev–Trinajstić information content (AvgIpc) is 2.36. The van der Waals surface area contributed by atoms with E-state index in [2.05, 4.69) is 55.4 Å². The van der Waals surface area contributed by atoms with Crippen LogP contribution >= 0.6 is 31.9 Å². The summed E-state index contributed by atoms with van der Waals surface area (Å²) >= 11 is 7.17. The van der Waals surface area contributed by atoms with Gasteiger partial charge in [-0.2, -0.15) is 0 Å². The molecule has 1 saturated heterocycles. The maximum absolute atomic E-state index is 5.59.